The Labute approximate surface area is 196 Å². The average Bonchev–Trinajstić information content (AvgIpc) is 2.72. The molecule has 1 N–H and O–H groups in total. The topological polar surface area (TPSA) is 92.8 Å². The van der Waals surface area contributed by atoms with E-state index in [9.17, 15) is 19.2 Å². The highest BCUT2D eigenvalue weighted by Crippen LogP contribution is 2.28. The summed E-state index contributed by atoms with van der Waals surface area (Å²) in [4.78, 5) is 50.8. The summed E-state index contributed by atoms with van der Waals surface area (Å²) in [7, 11) is 0. The molecule has 1 aromatic carbocycles. The minimum atomic E-state index is -0.762. The molecule has 1 heterocycles. The van der Waals surface area contributed by atoms with Crippen LogP contribution in [0.3, 0.4) is 0 Å². The van der Waals surface area contributed by atoms with E-state index in [0.717, 1.165) is 10.6 Å². The molecule has 0 aliphatic carbocycles. The number of carbonyl (C=O) groups is 4. The van der Waals surface area contributed by atoms with Crippen LogP contribution >= 0.6 is 0 Å². The molecule has 0 bridgehead atoms. The van der Waals surface area contributed by atoms with E-state index in [-0.39, 0.29) is 25.2 Å². The number of hydrogen-bond acceptors (Lipinski definition) is 5. The first-order valence-corrected chi connectivity index (χ1v) is 11.6. The van der Waals surface area contributed by atoms with Crippen molar-refractivity contribution >= 4 is 29.8 Å². The quantitative estimate of drug-likeness (QED) is 0.442. The Morgan fingerprint density at radius 3 is 2.21 bits per heavy atom. The van der Waals surface area contributed by atoms with E-state index in [1.54, 1.807) is 20.8 Å². The summed E-state index contributed by atoms with van der Waals surface area (Å²) in [6.07, 6.45) is 5.35. The van der Waals surface area contributed by atoms with Gasteiger partial charge in [0.05, 0.1) is 11.8 Å². The first-order valence-electron chi connectivity index (χ1n) is 11.6. The number of hydrazine groups is 1. The van der Waals surface area contributed by atoms with Crippen LogP contribution in [0.15, 0.2) is 36.4 Å². The van der Waals surface area contributed by atoms with Crippen molar-refractivity contribution in [2.45, 2.75) is 72.3 Å². The van der Waals surface area contributed by atoms with Crippen LogP contribution in [0.5, 0.6) is 0 Å². The summed E-state index contributed by atoms with van der Waals surface area (Å²) in [6.45, 7) is 9.27. The van der Waals surface area contributed by atoms with Gasteiger partial charge < -0.3 is 4.74 Å². The highest BCUT2D eigenvalue weighted by atomic mass is 16.6. The molecule has 1 fully saturated rings. The first kappa shape index (κ1) is 26.3. The number of nitrogens with one attached hydrogen (secondary N) is 1. The van der Waals surface area contributed by atoms with Crippen molar-refractivity contribution < 1.29 is 23.9 Å². The van der Waals surface area contributed by atoms with Gasteiger partial charge in [-0.25, -0.2) is 0 Å². The number of nitrogens with zero attached hydrogens (tertiary/aromatic N) is 1. The summed E-state index contributed by atoms with van der Waals surface area (Å²) in [5.74, 6) is -3.27. The number of amides is 3. The SMILES string of the molecule is CC(C)C[C@@H](C(=O)NN1C(=O)CCCC1=O)[C@H](C/C=C/c1ccccc1)C(=O)OC(C)(C)C. The average molecular weight is 457 g/mol. The number of rotatable bonds is 9. The number of esters is 1. The zero-order chi connectivity index (χ0) is 24.6. The summed E-state index contributed by atoms with van der Waals surface area (Å²) >= 11 is 0. The Balaban J connectivity index is 2.29. The third-order valence-electron chi connectivity index (χ3n) is 5.26. The van der Waals surface area contributed by atoms with Crippen LogP contribution in [0.25, 0.3) is 6.08 Å². The first-order chi connectivity index (χ1) is 15.5. The molecule has 1 saturated heterocycles. The Kier molecular flexibility index (Phi) is 9.38. The van der Waals surface area contributed by atoms with Crippen LogP contribution < -0.4 is 5.43 Å². The number of hydrogen-bond donors (Lipinski definition) is 1. The molecule has 33 heavy (non-hydrogen) atoms. The van der Waals surface area contributed by atoms with Gasteiger partial charge in [0.1, 0.15) is 5.60 Å². The fourth-order valence-electron chi connectivity index (χ4n) is 3.75. The van der Waals surface area contributed by atoms with Crippen molar-refractivity contribution in [3.8, 4) is 0 Å². The minimum absolute atomic E-state index is 0.108. The summed E-state index contributed by atoms with van der Waals surface area (Å²) < 4.78 is 5.65. The van der Waals surface area contributed by atoms with Crippen molar-refractivity contribution in [3.05, 3.63) is 42.0 Å². The van der Waals surface area contributed by atoms with Crippen molar-refractivity contribution in [1.29, 1.82) is 0 Å². The number of piperidine rings is 1. The Bertz CT molecular complexity index is 854. The predicted molar refractivity (Wildman–Crippen MR) is 126 cm³/mol. The predicted octanol–water partition coefficient (Wildman–Crippen LogP) is 4.28. The minimum Gasteiger partial charge on any atom is -0.460 e. The van der Waals surface area contributed by atoms with E-state index in [1.165, 1.54) is 0 Å². The number of benzene rings is 1. The van der Waals surface area contributed by atoms with Gasteiger partial charge in [0.25, 0.3) is 0 Å². The van der Waals surface area contributed by atoms with Gasteiger partial charge in [-0.1, -0.05) is 56.3 Å². The lowest BCUT2D eigenvalue weighted by atomic mass is 9.82. The van der Waals surface area contributed by atoms with E-state index >= 15 is 0 Å². The van der Waals surface area contributed by atoms with Crippen molar-refractivity contribution in [2.75, 3.05) is 0 Å². The fraction of sp³-hybridized carbons (Fsp3) is 0.538. The Morgan fingerprint density at radius 1 is 1.06 bits per heavy atom. The maximum Gasteiger partial charge on any atom is 0.310 e. The van der Waals surface area contributed by atoms with E-state index in [2.05, 4.69) is 5.43 Å². The molecule has 0 unspecified atom stereocenters. The van der Waals surface area contributed by atoms with Crippen molar-refractivity contribution in [3.63, 3.8) is 0 Å². The normalized spacial score (nSPS) is 16.7. The van der Waals surface area contributed by atoms with Crippen LogP contribution in [0.1, 0.15) is 72.3 Å². The number of imide groups is 1. The zero-order valence-corrected chi connectivity index (χ0v) is 20.3. The third-order valence-corrected chi connectivity index (χ3v) is 5.26. The largest absolute Gasteiger partial charge is 0.460 e. The van der Waals surface area contributed by atoms with Crippen LogP contribution in [0, 0.1) is 17.8 Å². The highest BCUT2D eigenvalue weighted by Gasteiger charge is 2.38. The van der Waals surface area contributed by atoms with Gasteiger partial charge in [0.2, 0.25) is 17.7 Å². The van der Waals surface area contributed by atoms with Gasteiger partial charge in [-0.15, -0.1) is 0 Å². The van der Waals surface area contributed by atoms with Crippen LogP contribution in [0.2, 0.25) is 0 Å². The maximum absolute atomic E-state index is 13.3. The molecule has 1 aromatic rings. The molecule has 0 aromatic heterocycles. The molecule has 7 nitrogen and oxygen atoms in total. The lowest BCUT2D eigenvalue weighted by Crippen LogP contribution is -2.54. The van der Waals surface area contributed by atoms with Crippen molar-refractivity contribution in [1.82, 2.24) is 10.4 Å². The third kappa shape index (κ3) is 8.48. The smallest absolute Gasteiger partial charge is 0.310 e. The van der Waals surface area contributed by atoms with Gasteiger partial charge in [-0.2, -0.15) is 5.01 Å². The Hall–Kier alpha value is -2.96. The van der Waals surface area contributed by atoms with Gasteiger partial charge >= 0.3 is 5.97 Å². The molecular formula is C26H36N2O5. The lowest BCUT2D eigenvalue weighted by molar-refractivity contribution is -0.165. The second-order valence-electron chi connectivity index (χ2n) is 9.88. The molecule has 0 radical (unpaired) electrons. The second-order valence-corrected chi connectivity index (χ2v) is 9.88. The van der Waals surface area contributed by atoms with E-state index in [0.29, 0.717) is 12.8 Å². The molecule has 1 aliphatic rings. The molecule has 7 heteroatoms. The zero-order valence-electron chi connectivity index (χ0n) is 20.3. The summed E-state index contributed by atoms with van der Waals surface area (Å²) in [5.41, 5.74) is 2.76. The Morgan fingerprint density at radius 2 is 1.67 bits per heavy atom. The molecule has 0 saturated carbocycles. The molecule has 2 atom stereocenters. The van der Waals surface area contributed by atoms with E-state index in [4.69, 9.17) is 4.74 Å². The van der Waals surface area contributed by atoms with Crippen molar-refractivity contribution in [2.24, 2.45) is 17.8 Å². The van der Waals surface area contributed by atoms with Gasteiger partial charge in [-0.05, 0) is 51.5 Å². The van der Waals surface area contributed by atoms with Crippen LogP contribution in [-0.2, 0) is 23.9 Å². The van der Waals surface area contributed by atoms with Crippen LogP contribution in [-0.4, -0.2) is 34.3 Å². The highest BCUT2D eigenvalue weighted by molar-refractivity contribution is 5.99. The van der Waals surface area contributed by atoms with E-state index in [1.807, 2.05) is 56.3 Å². The summed E-state index contributed by atoms with van der Waals surface area (Å²) in [5, 5.41) is 0.811. The molecule has 2 rings (SSSR count). The summed E-state index contributed by atoms with van der Waals surface area (Å²) in [6, 6.07) is 9.67. The number of carbonyl (C=O) groups excluding carboxylic acids is 4. The van der Waals surface area contributed by atoms with Gasteiger partial charge in [-0.3, -0.25) is 24.6 Å². The van der Waals surface area contributed by atoms with Gasteiger partial charge in [0, 0.05) is 12.8 Å². The van der Waals surface area contributed by atoms with Crippen LogP contribution in [0.4, 0.5) is 0 Å². The molecular weight excluding hydrogens is 420 g/mol. The molecule has 1 aliphatic heterocycles. The fourth-order valence-corrected chi connectivity index (χ4v) is 3.75. The standard InChI is InChI=1S/C26H36N2O5/c1-18(2)17-21(24(31)27-28-22(29)15-10-16-23(28)30)20(25(32)33-26(3,4)5)14-9-13-19-11-7-6-8-12-19/h6-9,11-13,18,20-21H,10,14-17H2,1-5H3,(H,27,31)/b13-9+/t20-,21+/m0/s1. The number of ether oxygens (including phenoxy) is 1. The molecule has 180 valence electrons. The molecule has 3 amide bonds. The number of allylic oxidation sites excluding steroid dienone is 1. The van der Waals surface area contributed by atoms with E-state index < -0.39 is 41.1 Å². The second kappa shape index (κ2) is 11.8. The lowest BCUT2D eigenvalue weighted by Gasteiger charge is -2.31. The molecule has 0 spiro atoms. The van der Waals surface area contributed by atoms with Gasteiger partial charge in [0.15, 0.2) is 0 Å². The monoisotopic (exact) mass is 456 g/mol. The maximum atomic E-state index is 13.3.